The van der Waals surface area contributed by atoms with E-state index < -0.39 is 36.7 Å². The molecule has 10 nitrogen and oxygen atoms in total. The number of aliphatic carboxylic acids is 1. The van der Waals surface area contributed by atoms with Crippen LogP contribution >= 0.6 is 0 Å². The summed E-state index contributed by atoms with van der Waals surface area (Å²) in [7, 11) is 0. The number of carbonyl (C=O) groups is 1. The van der Waals surface area contributed by atoms with Gasteiger partial charge >= 0.3 is 29.6 Å². The van der Waals surface area contributed by atoms with Crippen LogP contribution in [0.4, 0.5) is 0 Å². The van der Waals surface area contributed by atoms with Crippen LogP contribution in [-0.4, -0.2) is 62.1 Å². The Morgan fingerprint density at radius 2 is 1.69 bits per heavy atom. The van der Waals surface area contributed by atoms with Gasteiger partial charge in [0, 0.05) is 6.07 Å². The van der Waals surface area contributed by atoms with Crippen molar-refractivity contribution in [3.8, 4) is 11.5 Å². The maximum Gasteiger partial charge on any atom is 1.00 e. The minimum atomic E-state index is -1.85. The topological polar surface area (TPSA) is 173 Å². The van der Waals surface area contributed by atoms with E-state index >= 15 is 0 Å². The molecule has 0 amide bonds. The summed E-state index contributed by atoms with van der Waals surface area (Å²) in [5.74, 6) is -1.24. The molecule has 5 atom stereocenters. The number of fused-ring (bicyclic) bond motifs is 2. The van der Waals surface area contributed by atoms with Crippen molar-refractivity contribution in [2.45, 2.75) is 30.7 Å². The zero-order valence-electron chi connectivity index (χ0n) is 15.2. The van der Waals surface area contributed by atoms with E-state index in [0.717, 1.165) is 5.52 Å². The summed E-state index contributed by atoms with van der Waals surface area (Å²) in [6, 6.07) is 12.1. The number of hydrogen-bond donors (Lipinski definition) is 4. The molecule has 0 radical (unpaired) electrons. The van der Waals surface area contributed by atoms with E-state index in [0.29, 0.717) is 17.0 Å². The molecule has 0 unspecified atom stereocenters. The van der Waals surface area contributed by atoms with E-state index in [1.807, 2.05) is 24.3 Å². The molecule has 0 saturated carbocycles. The first-order chi connectivity index (χ1) is 13.3. The molecular weight excluding hydrogens is 397 g/mol. The van der Waals surface area contributed by atoms with Gasteiger partial charge in [-0.3, -0.25) is 4.79 Å². The fourth-order valence-corrected chi connectivity index (χ4v) is 2.61. The van der Waals surface area contributed by atoms with Gasteiger partial charge in [-0.1, -0.05) is 12.1 Å². The average molecular weight is 413 g/mol. The van der Waals surface area contributed by atoms with Crippen molar-refractivity contribution in [2.75, 3.05) is 0 Å². The largest absolute Gasteiger partial charge is 1.00 e. The molecule has 1 fully saturated rings. The number of aromatic nitrogens is 1. The van der Waals surface area contributed by atoms with Crippen LogP contribution < -0.4 is 40.1 Å². The molecule has 0 spiro atoms. The van der Waals surface area contributed by atoms with E-state index in [1.165, 1.54) is 12.1 Å². The molecule has 29 heavy (non-hydrogen) atoms. The zero-order chi connectivity index (χ0) is 20.4. The SMILES string of the molecule is O=C([O-])[C@H]1O[C@@H](O)[C@H](O)[C@@H](O)[C@@H]1O.O=c1ccc2nc3ccccc3oc-2c1.[Na+]. The molecule has 1 aromatic carbocycles. The van der Waals surface area contributed by atoms with Crippen molar-refractivity contribution in [1.29, 1.82) is 0 Å². The minimum absolute atomic E-state index is 0. The van der Waals surface area contributed by atoms with Crippen molar-refractivity contribution in [2.24, 2.45) is 0 Å². The Morgan fingerprint density at radius 1 is 1.00 bits per heavy atom. The van der Waals surface area contributed by atoms with Gasteiger partial charge < -0.3 is 39.5 Å². The number of hydrogen-bond acceptors (Lipinski definition) is 10. The van der Waals surface area contributed by atoms with Gasteiger partial charge in [-0.25, -0.2) is 4.98 Å². The second-order valence-electron chi connectivity index (χ2n) is 6.05. The molecule has 1 saturated heterocycles. The smallest absolute Gasteiger partial charge is 0.547 e. The first kappa shape index (κ1) is 23.4. The predicted octanol–water partition coefficient (Wildman–Crippen LogP) is -5.17. The molecule has 2 heterocycles. The Labute approximate surface area is 185 Å². The Balaban J connectivity index is 0.000000203. The van der Waals surface area contributed by atoms with Crippen LogP contribution in [0, 0.1) is 0 Å². The normalized spacial score (nSPS) is 26.3. The van der Waals surface area contributed by atoms with Crippen LogP contribution in [0.1, 0.15) is 0 Å². The Bertz CT molecular complexity index is 1010. The standard InChI is InChI=1S/C12H7NO2.C6H10O7.Na/c14-8-5-6-10-12(7-8)15-11-4-2-1-3-9(11)13-10;7-1-2(8)4(5(10)11)13-6(12)3(1)9;/h1-7H;1-4,6-9,12H,(H,10,11);/q;;+1/p-1/t;1-,2-,3+,4-,6+;/m.0./s1. The summed E-state index contributed by atoms with van der Waals surface area (Å²) >= 11 is 0. The fraction of sp³-hybridized carbons (Fsp3) is 0.278. The number of aliphatic hydroxyl groups excluding tert-OH is 4. The van der Waals surface area contributed by atoms with Gasteiger partial charge in [0.05, 0.1) is 5.97 Å². The third-order valence-electron chi connectivity index (χ3n) is 4.08. The van der Waals surface area contributed by atoms with Crippen LogP contribution in [0.25, 0.3) is 22.6 Å². The van der Waals surface area contributed by atoms with E-state index in [-0.39, 0.29) is 35.0 Å². The summed E-state index contributed by atoms with van der Waals surface area (Å²) < 4.78 is 9.84. The van der Waals surface area contributed by atoms with Gasteiger partial charge in [-0.05, 0) is 24.3 Å². The Kier molecular flexibility index (Phi) is 7.86. The summed E-state index contributed by atoms with van der Waals surface area (Å²) in [6.07, 6.45) is -9.00. The molecule has 4 rings (SSSR count). The third-order valence-corrected chi connectivity index (χ3v) is 4.08. The van der Waals surface area contributed by atoms with Gasteiger partial charge in [0.1, 0.15) is 35.6 Å². The number of carboxylic acid groups (broad SMARTS) is 1. The van der Waals surface area contributed by atoms with E-state index in [2.05, 4.69) is 9.72 Å². The summed E-state index contributed by atoms with van der Waals surface area (Å²) in [4.78, 5) is 25.8. The van der Waals surface area contributed by atoms with Gasteiger partial charge in [0.15, 0.2) is 23.1 Å². The van der Waals surface area contributed by atoms with Gasteiger partial charge in [-0.15, -0.1) is 0 Å². The molecule has 2 aliphatic heterocycles. The predicted molar refractivity (Wildman–Crippen MR) is 90.8 cm³/mol. The number of benzene rings is 2. The van der Waals surface area contributed by atoms with Crippen LogP contribution in [0.5, 0.6) is 0 Å². The molecule has 1 aromatic rings. The summed E-state index contributed by atoms with van der Waals surface area (Å²) in [6.45, 7) is 0. The maximum atomic E-state index is 11.1. The second-order valence-corrected chi connectivity index (χ2v) is 6.05. The number of rotatable bonds is 1. The number of carbonyl (C=O) groups excluding carboxylic acids is 1. The minimum Gasteiger partial charge on any atom is -0.547 e. The van der Waals surface area contributed by atoms with Crippen LogP contribution in [0.2, 0.25) is 0 Å². The van der Waals surface area contributed by atoms with Crippen molar-refractivity contribution >= 4 is 17.1 Å². The fourth-order valence-electron chi connectivity index (χ4n) is 2.61. The number of aliphatic hydroxyl groups is 4. The van der Waals surface area contributed by atoms with Gasteiger partial charge in [-0.2, -0.15) is 0 Å². The zero-order valence-corrected chi connectivity index (χ0v) is 17.2. The monoisotopic (exact) mass is 413 g/mol. The summed E-state index contributed by atoms with van der Waals surface area (Å²) in [5, 5.41) is 46.1. The first-order valence-corrected chi connectivity index (χ1v) is 8.16. The molecular formula is C18H16NNaO9. The van der Waals surface area contributed by atoms with Crippen LogP contribution in [0.3, 0.4) is 0 Å². The number of carboxylic acids is 1. The van der Waals surface area contributed by atoms with Crippen LogP contribution in [-0.2, 0) is 9.53 Å². The quantitative estimate of drug-likeness (QED) is 0.223. The Hall–Kier alpha value is -1.89. The average Bonchev–Trinajstić information content (AvgIpc) is 2.67. The van der Waals surface area contributed by atoms with Crippen LogP contribution in [0.15, 0.2) is 51.7 Å². The molecule has 1 aliphatic carbocycles. The number of nitrogens with zero attached hydrogens (tertiary/aromatic N) is 1. The molecule has 11 heteroatoms. The van der Waals surface area contributed by atoms with E-state index in [1.54, 1.807) is 6.07 Å². The van der Waals surface area contributed by atoms with Gasteiger partial charge in [0.25, 0.3) is 0 Å². The summed E-state index contributed by atoms with van der Waals surface area (Å²) in [5.41, 5.74) is 2.12. The molecule has 0 aromatic heterocycles. The van der Waals surface area contributed by atoms with E-state index in [4.69, 9.17) is 24.8 Å². The van der Waals surface area contributed by atoms with Crippen molar-refractivity contribution in [1.82, 2.24) is 4.98 Å². The van der Waals surface area contributed by atoms with Gasteiger partial charge in [0.2, 0.25) is 0 Å². The molecule has 0 bridgehead atoms. The molecule has 4 N–H and O–H groups in total. The van der Waals surface area contributed by atoms with Crippen molar-refractivity contribution in [3.05, 3.63) is 52.7 Å². The first-order valence-electron chi connectivity index (χ1n) is 8.16. The van der Waals surface area contributed by atoms with E-state index in [9.17, 15) is 14.7 Å². The van der Waals surface area contributed by atoms with Crippen molar-refractivity contribution in [3.63, 3.8) is 0 Å². The number of para-hydroxylation sites is 2. The second kappa shape index (κ2) is 9.74. The third kappa shape index (κ3) is 5.18. The van der Waals surface area contributed by atoms with Crippen molar-refractivity contribution < 1.29 is 69.0 Å². The molecule has 148 valence electrons. The maximum absolute atomic E-state index is 11.1. The Morgan fingerprint density at radius 3 is 2.38 bits per heavy atom. The number of ether oxygens (including phenoxy) is 1. The molecule has 3 aliphatic rings.